The van der Waals surface area contributed by atoms with E-state index in [1.807, 2.05) is 27.8 Å². The molecule has 1 atom stereocenters. The van der Waals surface area contributed by atoms with Crippen LogP contribution < -0.4 is 0 Å². The Kier molecular flexibility index (Phi) is 3.11. The largest absolute Gasteiger partial charge is 0.388 e. The van der Waals surface area contributed by atoms with Crippen molar-refractivity contribution in [1.29, 1.82) is 0 Å². The molecule has 1 aromatic heterocycles. The standard InChI is InChI=1S/C11H18N2O/c1-7(2)6-10(14)11-8(3)12-13(5)9(11)4/h10,14H,1,6H2,2-5H3. The number of nitrogens with zero attached hydrogens (tertiary/aromatic N) is 2. The van der Waals surface area contributed by atoms with Crippen LogP contribution in [-0.4, -0.2) is 14.9 Å². The number of aromatic nitrogens is 2. The summed E-state index contributed by atoms with van der Waals surface area (Å²) in [6.45, 7) is 9.61. The molecule has 0 aliphatic heterocycles. The van der Waals surface area contributed by atoms with E-state index in [0.717, 1.165) is 22.5 Å². The zero-order chi connectivity index (χ0) is 10.9. The molecule has 1 unspecified atom stereocenters. The van der Waals surface area contributed by atoms with Crippen molar-refractivity contribution >= 4 is 0 Å². The van der Waals surface area contributed by atoms with Crippen molar-refractivity contribution in [3.8, 4) is 0 Å². The Bertz CT molecular complexity index is 352. The molecule has 0 radical (unpaired) electrons. The third kappa shape index (κ3) is 2.04. The Labute approximate surface area is 85.1 Å². The summed E-state index contributed by atoms with van der Waals surface area (Å²) in [5, 5.41) is 14.2. The maximum atomic E-state index is 9.95. The van der Waals surface area contributed by atoms with Gasteiger partial charge in [0.05, 0.1) is 11.8 Å². The van der Waals surface area contributed by atoms with E-state index in [0.29, 0.717) is 6.42 Å². The van der Waals surface area contributed by atoms with Crippen molar-refractivity contribution in [2.24, 2.45) is 7.05 Å². The fourth-order valence-corrected chi connectivity index (χ4v) is 1.70. The minimum Gasteiger partial charge on any atom is -0.388 e. The second-order valence-corrected chi connectivity index (χ2v) is 3.89. The highest BCUT2D eigenvalue weighted by Gasteiger charge is 2.17. The van der Waals surface area contributed by atoms with Crippen LogP contribution in [0.4, 0.5) is 0 Å². The van der Waals surface area contributed by atoms with E-state index in [1.165, 1.54) is 0 Å². The fourth-order valence-electron chi connectivity index (χ4n) is 1.70. The highest BCUT2D eigenvalue weighted by molar-refractivity contribution is 5.27. The molecule has 14 heavy (non-hydrogen) atoms. The van der Waals surface area contributed by atoms with Crippen LogP contribution in [0.5, 0.6) is 0 Å². The van der Waals surface area contributed by atoms with E-state index < -0.39 is 6.10 Å². The predicted molar refractivity (Wildman–Crippen MR) is 57.1 cm³/mol. The van der Waals surface area contributed by atoms with Gasteiger partial charge in [-0.05, 0) is 27.2 Å². The number of aliphatic hydroxyl groups is 1. The summed E-state index contributed by atoms with van der Waals surface area (Å²) in [4.78, 5) is 0. The van der Waals surface area contributed by atoms with E-state index in [-0.39, 0.29) is 0 Å². The molecule has 0 saturated heterocycles. The van der Waals surface area contributed by atoms with E-state index >= 15 is 0 Å². The predicted octanol–water partition coefficient (Wildman–Crippen LogP) is 2.04. The molecule has 0 spiro atoms. The van der Waals surface area contributed by atoms with Gasteiger partial charge < -0.3 is 5.11 Å². The summed E-state index contributed by atoms with van der Waals surface area (Å²) in [5.41, 5.74) is 3.85. The molecule has 1 heterocycles. The van der Waals surface area contributed by atoms with Crippen molar-refractivity contribution in [2.75, 3.05) is 0 Å². The van der Waals surface area contributed by atoms with Gasteiger partial charge in [-0.25, -0.2) is 0 Å². The number of rotatable bonds is 3. The van der Waals surface area contributed by atoms with Crippen LogP contribution in [-0.2, 0) is 7.05 Å². The van der Waals surface area contributed by atoms with Crippen molar-refractivity contribution in [3.05, 3.63) is 29.1 Å². The molecule has 3 heteroatoms. The number of aryl methyl sites for hydroxylation is 2. The Balaban J connectivity index is 2.99. The van der Waals surface area contributed by atoms with E-state index in [2.05, 4.69) is 11.7 Å². The lowest BCUT2D eigenvalue weighted by Gasteiger charge is -2.10. The van der Waals surface area contributed by atoms with Crippen LogP contribution >= 0.6 is 0 Å². The molecule has 1 aromatic rings. The molecule has 1 rings (SSSR count). The lowest BCUT2D eigenvalue weighted by Crippen LogP contribution is -2.01. The first-order valence-corrected chi connectivity index (χ1v) is 4.76. The van der Waals surface area contributed by atoms with Crippen LogP contribution in [0.15, 0.2) is 12.2 Å². The Morgan fingerprint density at radius 1 is 1.57 bits per heavy atom. The molecule has 3 nitrogen and oxygen atoms in total. The molecule has 0 bridgehead atoms. The van der Waals surface area contributed by atoms with Gasteiger partial charge in [0.1, 0.15) is 0 Å². The minimum absolute atomic E-state index is 0.471. The van der Waals surface area contributed by atoms with Crippen LogP contribution in [0.2, 0.25) is 0 Å². The summed E-state index contributed by atoms with van der Waals surface area (Å²) in [7, 11) is 1.89. The molecule has 0 aliphatic carbocycles. The number of hydrogen-bond donors (Lipinski definition) is 1. The lowest BCUT2D eigenvalue weighted by molar-refractivity contribution is 0.177. The molecule has 0 fully saturated rings. The van der Waals surface area contributed by atoms with Crippen LogP contribution in [0.25, 0.3) is 0 Å². The summed E-state index contributed by atoms with van der Waals surface area (Å²) < 4.78 is 1.80. The highest BCUT2D eigenvalue weighted by Crippen LogP contribution is 2.25. The Hall–Kier alpha value is -1.09. The number of hydrogen-bond acceptors (Lipinski definition) is 2. The van der Waals surface area contributed by atoms with Gasteiger partial charge in [0.25, 0.3) is 0 Å². The zero-order valence-electron chi connectivity index (χ0n) is 9.33. The van der Waals surface area contributed by atoms with Crippen molar-refractivity contribution in [1.82, 2.24) is 9.78 Å². The zero-order valence-corrected chi connectivity index (χ0v) is 9.33. The molecular weight excluding hydrogens is 176 g/mol. The molecular formula is C11H18N2O. The monoisotopic (exact) mass is 194 g/mol. The maximum Gasteiger partial charge on any atom is 0.0862 e. The SMILES string of the molecule is C=C(C)CC(O)c1c(C)nn(C)c1C. The molecule has 0 aliphatic rings. The van der Waals surface area contributed by atoms with Crippen LogP contribution in [0.1, 0.15) is 36.4 Å². The van der Waals surface area contributed by atoms with Gasteiger partial charge in [-0.1, -0.05) is 5.57 Å². The first-order valence-electron chi connectivity index (χ1n) is 4.76. The van der Waals surface area contributed by atoms with Gasteiger partial charge in [0.2, 0.25) is 0 Å². The summed E-state index contributed by atoms with van der Waals surface area (Å²) in [6.07, 6.45) is 0.133. The van der Waals surface area contributed by atoms with Gasteiger partial charge in [0.15, 0.2) is 0 Å². The van der Waals surface area contributed by atoms with E-state index in [9.17, 15) is 5.11 Å². The van der Waals surface area contributed by atoms with E-state index in [1.54, 1.807) is 4.68 Å². The molecule has 1 N–H and O–H groups in total. The Morgan fingerprint density at radius 3 is 2.50 bits per heavy atom. The molecule has 78 valence electrons. The van der Waals surface area contributed by atoms with Gasteiger partial charge in [-0.3, -0.25) is 4.68 Å². The summed E-state index contributed by atoms with van der Waals surface area (Å²) >= 11 is 0. The molecule has 0 amide bonds. The lowest BCUT2D eigenvalue weighted by atomic mass is 10.0. The second-order valence-electron chi connectivity index (χ2n) is 3.89. The quantitative estimate of drug-likeness (QED) is 0.748. The highest BCUT2D eigenvalue weighted by atomic mass is 16.3. The van der Waals surface area contributed by atoms with Gasteiger partial charge in [-0.2, -0.15) is 5.10 Å². The van der Waals surface area contributed by atoms with Crippen molar-refractivity contribution in [3.63, 3.8) is 0 Å². The fraction of sp³-hybridized carbons (Fsp3) is 0.545. The van der Waals surface area contributed by atoms with Gasteiger partial charge >= 0.3 is 0 Å². The Morgan fingerprint density at radius 2 is 2.14 bits per heavy atom. The minimum atomic E-state index is -0.471. The third-order valence-electron chi connectivity index (χ3n) is 2.44. The summed E-state index contributed by atoms with van der Waals surface area (Å²) in [6, 6.07) is 0. The average Bonchev–Trinajstić information content (AvgIpc) is 2.25. The first-order chi connectivity index (χ1) is 6.43. The van der Waals surface area contributed by atoms with Crippen LogP contribution in [0.3, 0.4) is 0 Å². The average molecular weight is 194 g/mol. The number of aliphatic hydroxyl groups excluding tert-OH is 1. The van der Waals surface area contributed by atoms with E-state index in [4.69, 9.17) is 0 Å². The third-order valence-corrected chi connectivity index (χ3v) is 2.44. The van der Waals surface area contributed by atoms with Gasteiger partial charge in [-0.15, -0.1) is 6.58 Å². The molecule has 0 aromatic carbocycles. The first kappa shape index (κ1) is 11.0. The van der Waals surface area contributed by atoms with Crippen molar-refractivity contribution < 1.29 is 5.11 Å². The van der Waals surface area contributed by atoms with Crippen molar-refractivity contribution in [2.45, 2.75) is 33.3 Å². The normalized spacial score (nSPS) is 12.9. The van der Waals surface area contributed by atoms with Gasteiger partial charge in [0, 0.05) is 18.3 Å². The van der Waals surface area contributed by atoms with Crippen LogP contribution in [0, 0.1) is 13.8 Å². The topological polar surface area (TPSA) is 38.1 Å². The molecule has 0 saturated carbocycles. The smallest absolute Gasteiger partial charge is 0.0862 e. The second kappa shape index (κ2) is 3.96. The summed E-state index contributed by atoms with van der Waals surface area (Å²) in [5.74, 6) is 0. The maximum absolute atomic E-state index is 9.95.